The van der Waals surface area contributed by atoms with Gasteiger partial charge in [0.05, 0.1) is 19.4 Å². The molecule has 0 aromatic heterocycles. The molecule has 3 aromatic carbocycles. The van der Waals surface area contributed by atoms with Crippen LogP contribution in [0.1, 0.15) is 22.6 Å². The van der Waals surface area contributed by atoms with Crippen LogP contribution in [0, 0.1) is 11.3 Å². The summed E-state index contributed by atoms with van der Waals surface area (Å²) in [6.45, 7) is 0.426. The smallest absolute Gasteiger partial charge is 0.261 e. The third kappa shape index (κ3) is 5.46. The van der Waals surface area contributed by atoms with Gasteiger partial charge in [-0.3, -0.25) is 4.79 Å². The van der Waals surface area contributed by atoms with Gasteiger partial charge >= 0.3 is 0 Å². The molecule has 0 heterocycles. The lowest BCUT2D eigenvalue weighted by Gasteiger charge is -2.11. The van der Waals surface area contributed by atoms with E-state index < -0.39 is 11.8 Å². The predicted octanol–water partition coefficient (Wildman–Crippen LogP) is 4.03. The highest BCUT2D eigenvalue weighted by Gasteiger charge is 2.19. The molecule has 0 spiro atoms. The molecule has 0 fully saturated rings. The predicted molar refractivity (Wildman–Crippen MR) is 114 cm³/mol. The van der Waals surface area contributed by atoms with Crippen LogP contribution in [-0.4, -0.2) is 19.2 Å². The first-order chi connectivity index (χ1) is 14.7. The quantitative estimate of drug-likeness (QED) is 0.458. The fourth-order valence-electron chi connectivity index (χ4n) is 2.78. The zero-order valence-corrected chi connectivity index (χ0v) is 16.5. The Morgan fingerprint density at radius 3 is 2.43 bits per heavy atom. The van der Waals surface area contributed by atoms with Crippen LogP contribution in [0.5, 0.6) is 11.5 Å². The van der Waals surface area contributed by atoms with E-state index in [1.54, 1.807) is 49.6 Å². The van der Waals surface area contributed by atoms with Crippen LogP contribution in [0.25, 0.3) is 0 Å². The molecule has 6 heteroatoms. The second-order valence-electron chi connectivity index (χ2n) is 6.39. The molecule has 0 unspecified atom stereocenters. The molecular weight excluding hydrogens is 378 g/mol. The topological polar surface area (TPSA) is 83.7 Å². The number of methoxy groups -OCH3 is 1. The highest BCUT2D eigenvalue weighted by Crippen LogP contribution is 2.28. The third-order valence-electron chi connectivity index (χ3n) is 4.34. The van der Waals surface area contributed by atoms with Gasteiger partial charge in [0, 0.05) is 0 Å². The monoisotopic (exact) mass is 399 g/mol. The maximum absolute atomic E-state index is 12.3. The summed E-state index contributed by atoms with van der Waals surface area (Å²) in [5.74, 6) is -0.252. The summed E-state index contributed by atoms with van der Waals surface area (Å²) in [7, 11) is 1.56. The fourth-order valence-corrected chi connectivity index (χ4v) is 2.78. The first kappa shape index (κ1) is 20.6. The van der Waals surface area contributed by atoms with Gasteiger partial charge in [-0.05, 0) is 34.9 Å². The lowest BCUT2D eigenvalue weighted by atomic mass is 10.0. The van der Waals surface area contributed by atoms with Crippen LogP contribution >= 0.6 is 0 Å². The molecule has 0 saturated heterocycles. The van der Waals surface area contributed by atoms with E-state index in [0.717, 1.165) is 5.56 Å². The molecule has 6 nitrogen and oxygen atoms in total. The molecule has 3 aromatic rings. The lowest BCUT2D eigenvalue weighted by Crippen LogP contribution is -2.24. The molecular formula is C24H21N3O3. The number of nitrogens with one attached hydrogen (secondary N) is 1. The highest BCUT2D eigenvalue weighted by atomic mass is 16.5. The number of ether oxygens (including phenoxy) is 2. The number of rotatable bonds is 8. The van der Waals surface area contributed by atoms with Gasteiger partial charge in [0.25, 0.3) is 5.91 Å². The number of nitrogens with zero attached hydrogens (tertiary/aromatic N) is 2. The summed E-state index contributed by atoms with van der Waals surface area (Å²) in [6, 6.07) is 26.0. The Balaban J connectivity index is 1.62. The van der Waals surface area contributed by atoms with Crippen molar-refractivity contribution < 1.29 is 14.3 Å². The van der Waals surface area contributed by atoms with Crippen LogP contribution in [-0.2, 0) is 11.4 Å². The van der Waals surface area contributed by atoms with Crippen LogP contribution in [0.3, 0.4) is 0 Å². The number of hydrazone groups is 1. The summed E-state index contributed by atoms with van der Waals surface area (Å²) in [5, 5.41) is 13.3. The number of carbonyl (C=O) groups is 1. The van der Waals surface area contributed by atoms with Crippen LogP contribution in [0.2, 0.25) is 0 Å². The van der Waals surface area contributed by atoms with Gasteiger partial charge in [0.2, 0.25) is 0 Å². The van der Waals surface area contributed by atoms with Crippen molar-refractivity contribution >= 4 is 12.1 Å². The Labute approximate surface area is 175 Å². The maximum Gasteiger partial charge on any atom is 0.261 e. The first-order valence-electron chi connectivity index (χ1n) is 9.33. The summed E-state index contributed by atoms with van der Waals surface area (Å²) in [6.07, 6.45) is 1.49. The van der Waals surface area contributed by atoms with E-state index in [4.69, 9.17) is 9.47 Å². The van der Waals surface area contributed by atoms with Gasteiger partial charge in [-0.15, -0.1) is 0 Å². The van der Waals surface area contributed by atoms with Crippen LogP contribution in [0.15, 0.2) is 84.0 Å². The lowest BCUT2D eigenvalue weighted by molar-refractivity contribution is -0.121. The van der Waals surface area contributed by atoms with Gasteiger partial charge in [-0.25, -0.2) is 5.43 Å². The van der Waals surface area contributed by atoms with Crippen molar-refractivity contribution in [2.45, 2.75) is 12.5 Å². The second-order valence-corrected chi connectivity index (χ2v) is 6.39. The molecule has 0 aliphatic carbocycles. The van der Waals surface area contributed by atoms with E-state index in [1.807, 2.05) is 42.5 Å². The molecule has 1 atom stereocenters. The van der Waals surface area contributed by atoms with Crippen molar-refractivity contribution in [3.05, 3.63) is 95.6 Å². The molecule has 1 amide bonds. The Morgan fingerprint density at radius 2 is 1.77 bits per heavy atom. The Bertz CT molecular complexity index is 1040. The molecule has 1 N–H and O–H groups in total. The summed E-state index contributed by atoms with van der Waals surface area (Å²) in [5.41, 5.74) is 4.80. The van der Waals surface area contributed by atoms with E-state index in [2.05, 4.69) is 10.5 Å². The number of hydrogen-bond donors (Lipinski definition) is 1. The first-order valence-corrected chi connectivity index (χ1v) is 9.33. The standard InChI is InChI=1S/C24H21N3O3/c1-29-23-14-19(12-13-22(23)30-17-18-8-4-2-5-9-18)16-26-27-24(28)21(15-25)20-10-6-3-7-11-20/h2-14,16,21H,17H2,1H3,(H,27,28)/b26-16-/t21-/m1/s1. The van der Waals surface area contributed by atoms with E-state index >= 15 is 0 Å². The number of carbonyl (C=O) groups excluding carboxylic acids is 1. The van der Waals surface area contributed by atoms with Crippen molar-refractivity contribution in [3.63, 3.8) is 0 Å². The van der Waals surface area contributed by atoms with E-state index in [0.29, 0.717) is 29.2 Å². The third-order valence-corrected chi connectivity index (χ3v) is 4.34. The molecule has 0 bridgehead atoms. The van der Waals surface area contributed by atoms with Crippen molar-refractivity contribution in [2.75, 3.05) is 7.11 Å². The van der Waals surface area contributed by atoms with Crippen LogP contribution in [0.4, 0.5) is 0 Å². The minimum Gasteiger partial charge on any atom is -0.493 e. The SMILES string of the molecule is COc1cc(/C=N\NC(=O)[C@H](C#N)c2ccccc2)ccc1OCc1ccccc1. The van der Waals surface area contributed by atoms with Crippen LogP contribution < -0.4 is 14.9 Å². The average Bonchev–Trinajstić information content (AvgIpc) is 2.80. The number of nitriles is 1. The maximum atomic E-state index is 12.3. The van der Waals surface area contributed by atoms with E-state index in [9.17, 15) is 10.1 Å². The zero-order valence-electron chi connectivity index (χ0n) is 16.5. The van der Waals surface area contributed by atoms with Crippen molar-refractivity contribution in [1.29, 1.82) is 5.26 Å². The minimum atomic E-state index is -0.924. The molecule has 0 radical (unpaired) electrons. The van der Waals surface area contributed by atoms with E-state index in [-0.39, 0.29) is 0 Å². The van der Waals surface area contributed by atoms with Gasteiger partial charge in [-0.2, -0.15) is 10.4 Å². The largest absolute Gasteiger partial charge is 0.493 e. The Hall–Kier alpha value is -4.11. The van der Waals surface area contributed by atoms with Crippen molar-refractivity contribution in [1.82, 2.24) is 5.43 Å². The average molecular weight is 399 g/mol. The number of hydrogen-bond acceptors (Lipinski definition) is 5. The van der Waals surface area contributed by atoms with Gasteiger partial charge in [-0.1, -0.05) is 60.7 Å². The summed E-state index contributed by atoms with van der Waals surface area (Å²) in [4.78, 5) is 12.3. The Kier molecular flexibility index (Phi) is 7.17. The second kappa shape index (κ2) is 10.4. The Morgan fingerprint density at radius 1 is 1.07 bits per heavy atom. The van der Waals surface area contributed by atoms with Gasteiger partial charge in [0.15, 0.2) is 17.4 Å². The molecule has 0 aliphatic rings. The van der Waals surface area contributed by atoms with E-state index in [1.165, 1.54) is 6.21 Å². The molecule has 0 saturated carbocycles. The highest BCUT2D eigenvalue weighted by molar-refractivity contribution is 5.88. The molecule has 30 heavy (non-hydrogen) atoms. The number of amides is 1. The number of benzene rings is 3. The van der Waals surface area contributed by atoms with Crippen molar-refractivity contribution in [2.24, 2.45) is 5.10 Å². The summed E-state index contributed by atoms with van der Waals surface area (Å²) < 4.78 is 11.2. The van der Waals surface area contributed by atoms with Gasteiger partial charge in [0.1, 0.15) is 6.61 Å². The zero-order chi connectivity index (χ0) is 21.2. The minimum absolute atomic E-state index is 0.426. The van der Waals surface area contributed by atoms with Gasteiger partial charge < -0.3 is 9.47 Å². The molecule has 150 valence electrons. The fraction of sp³-hybridized carbons (Fsp3) is 0.125. The molecule has 3 rings (SSSR count). The summed E-state index contributed by atoms with van der Waals surface area (Å²) >= 11 is 0. The molecule has 0 aliphatic heterocycles. The normalized spacial score (nSPS) is 11.5. The van der Waals surface area contributed by atoms with Crippen molar-refractivity contribution in [3.8, 4) is 17.6 Å².